The van der Waals surface area contributed by atoms with Crippen LogP contribution in [0.3, 0.4) is 0 Å². The van der Waals surface area contributed by atoms with E-state index in [-0.39, 0.29) is 0 Å². The van der Waals surface area contributed by atoms with Gasteiger partial charge < -0.3 is 0 Å². The van der Waals surface area contributed by atoms with Crippen molar-refractivity contribution in [2.45, 2.75) is 44.1 Å². The second kappa shape index (κ2) is 4.45. The van der Waals surface area contributed by atoms with E-state index in [9.17, 15) is 4.79 Å². The second-order valence-corrected chi connectivity index (χ2v) is 6.59. The zero-order valence-corrected chi connectivity index (χ0v) is 11.3. The Kier molecular flexibility index (Phi) is 2.73. The Morgan fingerprint density at radius 1 is 1.26 bits per heavy atom. The van der Waals surface area contributed by atoms with E-state index in [4.69, 9.17) is 0 Å². The number of carbonyl (C=O) groups excluding carboxylic acids is 1. The van der Waals surface area contributed by atoms with Crippen LogP contribution in [0.15, 0.2) is 18.2 Å². The number of likely N-dealkylation sites (tertiary alicyclic amines) is 1. The molecule has 4 rings (SSSR count). The van der Waals surface area contributed by atoms with Crippen molar-refractivity contribution in [1.82, 2.24) is 4.90 Å². The topological polar surface area (TPSA) is 20.3 Å². The predicted molar refractivity (Wildman–Crippen MR) is 75.6 cm³/mol. The number of nitrogens with zero attached hydrogens (tertiary/aromatic N) is 1. The minimum absolute atomic E-state index is 0.698. The van der Waals surface area contributed by atoms with Crippen LogP contribution in [0, 0.1) is 5.92 Å². The van der Waals surface area contributed by atoms with Crippen LogP contribution < -0.4 is 0 Å². The van der Waals surface area contributed by atoms with E-state index in [1.807, 2.05) is 6.07 Å². The summed E-state index contributed by atoms with van der Waals surface area (Å²) in [6.07, 6.45) is 7.66. The van der Waals surface area contributed by atoms with Gasteiger partial charge in [-0.05, 0) is 67.7 Å². The highest BCUT2D eigenvalue weighted by atomic mass is 16.1. The molecule has 0 aromatic heterocycles. The molecule has 2 bridgehead atoms. The van der Waals surface area contributed by atoms with Crippen molar-refractivity contribution >= 4 is 6.29 Å². The van der Waals surface area contributed by atoms with E-state index in [1.165, 1.54) is 56.3 Å². The molecular formula is C17H21NO. The Balaban J connectivity index is 1.60. The number of carbonyl (C=O) groups is 1. The van der Waals surface area contributed by atoms with Gasteiger partial charge in [-0.2, -0.15) is 0 Å². The van der Waals surface area contributed by atoms with E-state index in [0.29, 0.717) is 5.92 Å². The number of benzene rings is 1. The molecule has 2 atom stereocenters. The molecule has 1 aromatic rings. The lowest BCUT2D eigenvalue weighted by Gasteiger charge is -2.44. The van der Waals surface area contributed by atoms with Crippen molar-refractivity contribution in [3.8, 4) is 0 Å². The summed E-state index contributed by atoms with van der Waals surface area (Å²) < 4.78 is 0. The van der Waals surface area contributed by atoms with Gasteiger partial charge in [-0.25, -0.2) is 0 Å². The second-order valence-electron chi connectivity index (χ2n) is 6.59. The molecule has 2 unspecified atom stereocenters. The average molecular weight is 255 g/mol. The van der Waals surface area contributed by atoms with E-state index in [0.717, 1.165) is 23.8 Å². The van der Waals surface area contributed by atoms with Crippen molar-refractivity contribution in [3.63, 3.8) is 0 Å². The van der Waals surface area contributed by atoms with Crippen molar-refractivity contribution in [1.29, 1.82) is 0 Å². The van der Waals surface area contributed by atoms with Crippen LogP contribution in [0.1, 0.15) is 53.1 Å². The van der Waals surface area contributed by atoms with Gasteiger partial charge in [-0.15, -0.1) is 0 Å². The number of aldehydes is 1. The molecule has 1 saturated carbocycles. The molecule has 1 aliphatic heterocycles. The summed E-state index contributed by atoms with van der Waals surface area (Å²) in [4.78, 5) is 13.7. The fraction of sp³-hybridized carbons (Fsp3) is 0.588. The Labute approximate surface area is 114 Å². The summed E-state index contributed by atoms with van der Waals surface area (Å²) in [5.41, 5.74) is 3.80. The van der Waals surface area contributed by atoms with Gasteiger partial charge in [-0.3, -0.25) is 9.69 Å². The van der Waals surface area contributed by atoms with Crippen LogP contribution in [-0.4, -0.2) is 30.3 Å². The minimum Gasteiger partial charge on any atom is -0.300 e. The standard InChI is InChI=1S/C17H21NO/c19-11-13-3-4-14-8-16-9-15(17(14)7-13)5-6-18(16)10-12-1-2-12/h3-4,7,11-12,15-16H,1-2,5-6,8-10H2. The maximum absolute atomic E-state index is 10.9. The van der Waals surface area contributed by atoms with Crippen molar-refractivity contribution in [2.24, 2.45) is 5.92 Å². The molecule has 2 aliphatic carbocycles. The van der Waals surface area contributed by atoms with Gasteiger partial charge in [0.1, 0.15) is 6.29 Å². The first-order valence-corrected chi connectivity index (χ1v) is 7.65. The van der Waals surface area contributed by atoms with E-state index < -0.39 is 0 Å². The summed E-state index contributed by atoms with van der Waals surface area (Å²) in [6, 6.07) is 7.07. The molecule has 1 aromatic carbocycles. The Morgan fingerprint density at radius 3 is 2.95 bits per heavy atom. The third-order valence-corrected chi connectivity index (χ3v) is 5.23. The fourth-order valence-electron chi connectivity index (χ4n) is 3.97. The van der Waals surface area contributed by atoms with Crippen LogP contribution in [0.5, 0.6) is 0 Å². The predicted octanol–water partition coefficient (Wildman–Crippen LogP) is 3.01. The number of hydrogen-bond acceptors (Lipinski definition) is 2. The number of rotatable bonds is 3. The largest absolute Gasteiger partial charge is 0.300 e. The van der Waals surface area contributed by atoms with Crippen molar-refractivity contribution < 1.29 is 4.79 Å². The molecule has 0 amide bonds. The third-order valence-electron chi connectivity index (χ3n) is 5.23. The van der Waals surface area contributed by atoms with E-state index in [1.54, 1.807) is 0 Å². The summed E-state index contributed by atoms with van der Waals surface area (Å²) in [5.74, 6) is 1.69. The van der Waals surface area contributed by atoms with E-state index >= 15 is 0 Å². The van der Waals surface area contributed by atoms with Crippen LogP contribution in [0.2, 0.25) is 0 Å². The van der Waals surface area contributed by atoms with Gasteiger partial charge in [0.25, 0.3) is 0 Å². The highest BCUT2D eigenvalue weighted by Crippen LogP contribution is 2.41. The maximum atomic E-state index is 10.9. The van der Waals surface area contributed by atoms with Gasteiger partial charge >= 0.3 is 0 Å². The lowest BCUT2D eigenvalue weighted by molar-refractivity contribution is 0.112. The van der Waals surface area contributed by atoms with Gasteiger partial charge in [0, 0.05) is 18.2 Å². The van der Waals surface area contributed by atoms with Crippen LogP contribution in [0.25, 0.3) is 0 Å². The molecule has 1 heterocycles. The normalized spacial score (nSPS) is 29.9. The highest BCUT2D eigenvalue weighted by Gasteiger charge is 2.37. The number of piperidine rings is 1. The molecule has 2 fully saturated rings. The molecule has 3 aliphatic rings. The first-order chi connectivity index (χ1) is 9.33. The van der Waals surface area contributed by atoms with Crippen molar-refractivity contribution in [2.75, 3.05) is 13.1 Å². The molecule has 2 nitrogen and oxygen atoms in total. The Morgan fingerprint density at radius 2 is 2.16 bits per heavy atom. The molecule has 19 heavy (non-hydrogen) atoms. The van der Waals surface area contributed by atoms with Gasteiger partial charge in [0.2, 0.25) is 0 Å². The first-order valence-electron chi connectivity index (χ1n) is 7.65. The molecule has 1 saturated heterocycles. The SMILES string of the molecule is O=Cc1ccc2c(c1)C1CCN(CC3CC3)C(C2)C1. The number of fused-ring (bicyclic) bond motifs is 4. The summed E-state index contributed by atoms with van der Waals surface area (Å²) >= 11 is 0. The average Bonchev–Trinajstić information content (AvgIpc) is 3.25. The van der Waals surface area contributed by atoms with E-state index in [2.05, 4.69) is 17.0 Å². The Hall–Kier alpha value is -1.15. The summed E-state index contributed by atoms with van der Waals surface area (Å²) in [7, 11) is 0. The lowest BCUT2D eigenvalue weighted by atomic mass is 9.75. The zero-order chi connectivity index (χ0) is 12.8. The van der Waals surface area contributed by atoms with Crippen LogP contribution >= 0.6 is 0 Å². The quantitative estimate of drug-likeness (QED) is 0.774. The van der Waals surface area contributed by atoms with Crippen LogP contribution in [-0.2, 0) is 6.42 Å². The Bertz CT molecular complexity index is 506. The highest BCUT2D eigenvalue weighted by molar-refractivity contribution is 5.75. The van der Waals surface area contributed by atoms with Gasteiger partial charge in [0.05, 0.1) is 0 Å². The third kappa shape index (κ3) is 2.12. The van der Waals surface area contributed by atoms with Gasteiger partial charge in [0.15, 0.2) is 0 Å². The smallest absolute Gasteiger partial charge is 0.150 e. The van der Waals surface area contributed by atoms with Crippen molar-refractivity contribution in [3.05, 3.63) is 34.9 Å². The molecule has 0 N–H and O–H groups in total. The summed E-state index contributed by atoms with van der Waals surface area (Å²) in [5, 5.41) is 0. The van der Waals surface area contributed by atoms with Gasteiger partial charge in [-0.1, -0.05) is 12.1 Å². The zero-order valence-electron chi connectivity index (χ0n) is 11.3. The van der Waals surface area contributed by atoms with Crippen LogP contribution in [0.4, 0.5) is 0 Å². The molecular weight excluding hydrogens is 234 g/mol. The first kappa shape index (κ1) is 11.7. The molecule has 2 heteroatoms. The number of hydrogen-bond donors (Lipinski definition) is 0. The molecule has 0 spiro atoms. The maximum Gasteiger partial charge on any atom is 0.150 e. The molecule has 0 radical (unpaired) electrons. The lowest BCUT2D eigenvalue weighted by Crippen LogP contribution is -2.46. The molecule has 100 valence electrons. The monoisotopic (exact) mass is 255 g/mol. The fourth-order valence-corrected chi connectivity index (χ4v) is 3.97. The minimum atomic E-state index is 0.698. The summed E-state index contributed by atoms with van der Waals surface area (Å²) in [6.45, 7) is 2.59.